The molecule has 1 fully saturated rings. The smallest absolute Gasteiger partial charge is 0.242 e. The number of nitrogens with one attached hydrogen (secondary N) is 1. The van der Waals surface area contributed by atoms with Gasteiger partial charge >= 0.3 is 0 Å². The van der Waals surface area contributed by atoms with Gasteiger partial charge in [0.25, 0.3) is 0 Å². The Morgan fingerprint density at radius 1 is 1.57 bits per heavy atom. The highest BCUT2D eigenvalue weighted by molar-refractivity contribution is 7.10. The molecule has 1 amide bonds. The molecule has 112 valence electrons. The summed E-state index contributed by atoms with van der Waals surface area (Å²) >= 11 is 1.59. The van der Waals surface area contributed by atoms with Gasteiger partial charge in [0, 0.05) is 24.4 Å². The second-order valence-electron chi connectivity index (χ2n) is 5.03. The number of thiophene rings is 1. The third kappa shape index (κ3) is 3.14. The number of hydrogen-bond acceptors (Lipinski definition) is 6. The Labute approximate surface area is 127 Å². The second-order valence-corrected chi connectivity index (χ2v) is 6.01. The van der Waals surface area contributed by atoms with Gasteiger partial charge in [0.15, 0.2) is 5.82 Å². The maximum absolute atomic E-state index is 12.2. The van der Waals surface area contributed by atoms with Gasteiger partial charge in [-0.1, -0.05) is 18.1 Å². The monoisotopic (exact) mass is 306 g/mol. The van der Waals surface area contributed by atoms with Crippen molar-refractivity contribution in [3.8, 4) is 0 Å². The van der Waals surface area contributed by atoms with E-state index in [-0.39, 0.29) is 11.9 Å². The summed E-state index contributed by atoms with van der Waals surface area (Å²) in [5, 5.41) is 8.88. The predicted molar refractivity (Wildman–Crippen MR) is 78.8 cm³/mol. The molecular weight excluding hydrogens is 288 g/mol. The first-order chi connectivity index (χ1) is 10.3. The van der Waals surface area contributed by atoms with Gasteiger partial charge in [-0.25, -0.2) is 0 Å². The van der Waals surface area contributed by atoms with Crippen molar-refractivity contribution in [3.63, 3.8) is 0 Å². The Hall–Kier alpha value is -1.73. The molecule has 1 unspecified atom stereocenters. The van der Waals surface area contributed by atoms with Gasteiger partial charge in [-0.3, -0.25) is 9.69 Å². The van der Waals surface area contributed by atoms with Crippen LogP contribution in [0.5, 0.6) is 0 Å². The average molecular weight is 306 g/mol. The molecule has 0 bridgehead atoms. The number of rotatable bonds is 5. The Balaban J connectivity index is 1.76. The van der Waals surface area contributed by atoms with E-state index in [1.165, 1.54) is 0 Å². The minimum atomic E-state index is -0.264. The van der Waals surface area contributed by atoms with Crippen molar-refractivity contribution < 1.29 is 9.32 Å². The van der Waals surface area contributed by atoms with Crippen LogP contribution in [0.2, 0.25) is 0 Å². The molecule has 1 aliphatic heterocycles. The number of piperazine rings is 1. The van der Waals surface area contributed by atoms with Crippen molar-refractivity contribution in [1.82, 2.24) is 20.4 Å². The molecule has 2 aromatic rings. The standard InChI is InChI=1S/C14H18N4O2S/c1-2-4-11-16-12(20-17-11)9-18-7-6-15-14(19)13(18)10-5-3-8-21-10/h3,5,8,13H,2,4,6-7,9H2,1H3,(H,15,19). The van der Waals surface area contributed by atoms with Crippen molar-refractivity contribution >= 4 is 17.2 Å². The van der Waals surface area contributed by atoms with Crippen molar-refractivity contribution in [2.45, 2.75) is 32.4 Å². The molecule has 1 N–H and O–H groups in total. The molecule has 3 heterocycles. The van der Waals surface area contributed by atoms with E-state index < -0.39 is 0 Å². The fraction of sp³-hybridized carbons (Fsp3) is 0.500. The van der Waals surface area contributed by atoms with E-state index in [1.807, 2.05) is 17.5 Å². The lowest BCUT2D eigenvalue weighted by Gasteiger charge is -2.33. The maximum atomic E-state index is 12.2. The molecule has 0 aliphatic carbocycles. The second kappa shape index (κ2) is 6.36. The SMILES string of the molecule is CCCc1noc(CN2CCNC(=O)C2c2cccs2)n1. The zero-order valence-electron chi connectivity index (χ0n) is 11.9. The molecule has 1 saturated heterocycles. The van der Waals surface area contributed by atoms with Crippen LogP contribution in [0.1, 0.15) is 36.0 Å². The number of amides is 1. The van der Waals surface area contributed by atoms with E-state index in [1.54, 1.807) is 11.3 Å². The molecule has 0 saturated carbocycles. The van der Waals surface area contributed by atoms with Crippen LogP contribution in [0.25, 0.3) is 0 Å². The van der Waals surface area contributed by atoms with Gasteiger partial charge in [-0.15, -0.1) is 11.3 Å². The fourth-order valence-corrected chi connectivity index (χ4v) is 3.35. The first-order valence-corrected chi connectivity index (χ1v) is 8.02. The summed E-state index contributed by atoms with van der Waals surface area (Å²) in [7, 11) is 0. The molecule has 0 spiro atoms. The van der Waals surface area contributed by atoms with E-state index in [9.17, 15) is 4.79 Å². The van der Waals surface area contributed by atoms with Gasteiger partial charge in [0.2, 0.25) is 11.8 Å². The van der Waals surface area contributed by atoms with Crippen molar-refractivity contribution in [1.29, 1.82) is 0 Å². The van der Waals surface area contributed by atoms with Gasteiger partial charge in [0.05, 0.1) is 6.54 Å². The lowest BCUT2D eigenvalue weighted by Crippen LogP contribution is -2.49. The number of carbonyl (C=O) groups excluding carboxylic acids is 1. The lowest BCUT2D eigenvalue weighted by molar-refractivity contribution is -0.129. The predicted octanol–water partition coefficient (Wildman–Crippen LogP) is 1.76. The number of nitrogens with zero attached hydrogens (tertiary/aromatic N) is 3. The highest BCUT2D eigenvalue weighted by Gasteiger charge is 2.32. The Morgan fingerprint density at radius 3 is 3.24 bits per heavy atom. The van der Waals surface area contributed by atoms with E-state index in [4.69, 9.17) is 4.52 Å². The van der Waals surface area contributed by atoms with E-state index >= 15 is 0 Å². The maximum Gasteiger partial charge on any atom is 0.242 e. The van der Waals surface area contributed by atoms with Gasteiger partial charge in [-0.05, 0) is 17.9 Å². The summed E-state index contributed by atoms with van der Waals surface area (Å²) in [4.78, 5) is 19.7. The summed E-state index contributed by atoms with van der Waals surface area (Å²) in [6.45, 7) is 4.01. The minimum Gasteiger partial charge on any atom is -0.353 e. The van der Waals surface area contributed by atoms with Crippen LogP contribution in [0, 0.1) is 0 Å². The molecular formula is C14H18N4O2S. The summed E-state index contributed by atoms with van der Waals surface area (Å²) in [5.41, 5.74) is 0. The lowest BCUT2D eigenvalue weighted by atomic mass is 10.1. The molecule has 3 rings (SSSR count). The first-order valence-electron chi connectivity index (χ1n) is 7.14. The topological polar surface area (TPSA) is 71.3 Å². The highest BCUT2D eigenvalue weighted by atomic mass is 32.1. The summed E-state index contributed by atoms with van der Waals surface area (Å²) < 4.78 is 5.29. The van der Waals surface area contributed by atoms with Crippen molar-refractivity contribution in [2.75, 3.05) is 13.1 Å². The molecule has 0 radical (unpaired) electrons. The first kappa shape index (κ1) is 14.2. The van der Waals surface area contributed by atoms with Crippen LogP contribution in [0.3, 0.4) is 0 Å². The van der Waals surface area contributed by atoms with Crippen LogP contribution < -0.4 is 5.32 Å². The highest BCUT2D eigenvalue weighted by Crippen LogP contribution is 2.28. The zero-order chi connectivity index (χ0) is 14.7. The molecule has 21 heavy (non-hydrogen) atoms. The Kier molecular flexibility index (Phi) is 4.31. The van der Waals surface area contributed by atoms with Crippen molar-refractivity contribution in [2.24, 2.45) is 0 Å². The van der Waals surface area contributed by atoms with Crippen LogP contribution in [-0.4, -0.2) is 34.0 Å². The number of carbonyl (C=O) groups is 1. The van der Waals surface area contributed by atoms with Crippen LogP contribution in [0.15, 0.2) is 22.0 Å². The van der Waals surface area contributed by atoms with Gasteiger partial charge in [0.1, 0.15) is 6.04 Å². The van der Waals surface area contributed by atoms with Gasteiger partial charge < -0.3 is 9.84 Å². The van der Waals surface area contributed by atoms with Crippen LogP contribution in [0.4, 0.5) is 0 Å². The summed E-state index contributed by atoms with van der Waals surface area (Å²) in [6.07, 6.45) is 1.81. The zero-order valence-corrected chi connectivity index (χ0v) is 12.7. The molecule has 7 heteroatoms. The summed E-state index contributed by atoms with van der Waals surface area (Å²) in [6, 6.07) is 3.69. The van der Waals surface area contributed by atoms with Crippen LogP contribution >= 0.6 is 11.3 Å². The molecule has 1 atom stereocenters. The van der Waals surface area contributed by atoms with Gasteiger partial charge in [-0.2, -0.15) is 4.98 Å². The van der Waals surface area contributed by atoms with E-state index in [0.717, 1.165) is 30.1 Å². The third-order valence-corrected chi connectivity index (χ3v) is 4.37. The normalized spacial score (nSPS) is 19.7. The average Bonchev–Trinajstić information content (AvgIpc) is 3.11. The fourth-order valence-electron chi connectivity index (χ4n) is 2.49. The van der Waals surface area contributed by atoms with Crippen LogP contribution in [-0.2, 0) is 17.8 Å². The summed E-state index contributed by atoms with van der Waals surface area (Å²) in [5.74, 6) is 1.35. The molecule has 6 nitrogen and oxygen atoms in total. The number of aromatic nitrogens is 2. The quantitative estimate of drug-likeness (QED) is 0.911. The largest absolute Gasteiger partial charge is 0.353 e. The molecule has 1 aliphatic rings. The van der Waals surface area contributed by atoms with E-state index in [0.29, 0.717) is 19.0 Å². The molecule has 2 aromatic heterocycles. The molecule has 0 aromatic carbocycles. The Bertz CT molecular complexity index is 596. The number of hydrogen-bond donors (Lipinski definition) is 1. The minimum absolute atomic E-state index is 0.0389. The number of aryl methyl sites for hydroxylation is 1. The third-order valence-electron chi connectivity index (χ3n) is 3.45. The van der Waals surface area contributed by atoms with Crippen molar-refractivity contribution in [3.05, 3.63) is 34.1 Å². The van der Waals surface area contributed by atoms with E-state index in [2.05, 4.69) is 27.3 Å². The Morgan fingerprint density at radius 2 is 2.48 bits per heavy atom.